The third-order valence-corrected chi connectivity index (χ3v) is 2.53. The summed E-state index contributed by atoms with van der Waals surface area (Å²) < 4.78 is 11.1. The fourth-order valence-electron chi connectivity index (χ4n) is 0.941. The van der Waals surface area contributed by atoms with Gasteiger partial charge in [0.2, 0.25) is 0 Å². The lowest BCUT2D eigenvalue weighted by Crippen LogP contribution is -1.95. The number of aromatic nitrogens is 1. The maximum atomic E-state index is 11.1. The van der Waals surface area contributed by atoms with Gasteiger partial charge >= 0.3 is 0 Å². The second kappa shape index (κ2) is 3.81. The first-order valence-electron chi connectivity index (χ1n) is 3.90. The van der Waals surface area contributed by atoms with Crippen LogP contribution in [0, 0.1) is 0 Å². The van der Waals surface area contributed by atoms with Crippen molar-refractivity contribution >= 4 is 10.8 Å². The molecule has 0 fully saturated rings. The molecular weight excluding hydrogens is 170 g/mol. The van der Waals surface area contributed by atoms with Gasteiger partial charge in [0.15, 0.2) is 0 Å². The lowest BCUT2D eigenvalue weighted by molar-refractivity contribution is 0.683. The summed E-state index contributed by atoms with van der Waals surface area (Å²) in [5, 5.41) is 0.668. The summed E-state index contributed by atoms with van der Waals surface area (Å²) in [5.41, 5.74) is 1.19. The molecule has 0 saturated carbocycles. The molecule has 66 valence electrons. The molecule has 0 saturated heterocycles. The minimum Gasteiger partial charge on any atom is -0.253 e. The first-order chi connectivity index (χ1) is 5.61. The van der Waals surface area contributed by atoms with Gasteiger partial charge in [-0.3, -0.25) is 4.21 Å². The van der Waals surface area contributed by atoms with Crippen LogP contribution >= 0.6 is 0 Å². The van der Waals surface area contributed by atoms with Crippen LogP contribution in [0.3, 0.4) is 0 Å². The van der Waals surface area contributed by atoms with Gasteiger partial charge in [-0.05, 0) is 23.6 Å². The molecule has 3 heteroatoms. The van der Waals surface area contributed by atoms with Crippen LogP contribution in [0.2, 0.25) is 0 Å². The number of pyridine rings is 1. The number of nitrogens with zero attached hydrogens (tertiary/aromatic N) is 1. The minimum atomic E-state index is -0.967. The van der Waals surface area contributed by atoms with Gasteiger partial charge < -0.3 is 0 Å². The van der Waals surface area contributed by atoms with Crippen LogP contribution in [-0.2, 0) is 10.8 Å². The quantitative estimate of drug-likeness (QED) is 0.701. The first-order valence-corrected chi connectivity index (χ1v) is 5.46. The van der Waals surface area contributed by atoms with E-state index in [0.717, 1.165) is 0 Å². The van der Waals surface area contributed by atoms with Gasteiger partial charge in [0, 0.05) is 12.5 Å². The van der Waals surface area contributed by atoms with E-state index in [-0.39, 0.29) is 0 Å². The number of hydrogen-bond donors (Lipinski definition) is 0. The molecule has 0 aliphatic carbocycles. The van der Waals surface area contributed by atoms with Crippen molar-refractivity contribution in [2.24, 2.45) is 0 Å². The summed E-state index contributed by atoms with van der Waals surface area (Å²) in [5.74, 6) is 0.468. The van der Waals surface area contributed by atoms with Gasteiger partial charge in [-0.25, -0.2) is 4.98 Å². The van der Waals surface area contributed by atoms with Gasteiger partial charge in [-0.15, -0.1) is 0 Å². The second-order valence-electron chi connectivity index (χ2n) is 3.04. The molecule has 0 aromatic carbocycles. The normalized spacial score (nSPS) is 13.3. The fourth-order valence-corrected chi connectivity index (χ4v) is 1.45. The highest BCUT2D eigenvalue weighted by molar-refractivity contribution is 7.84. The zero-order valence-corrected chi connectivity index (χ0v) is 8.39. The molecule has 12 heavy (non-hydrogen) atoms. The van der Waals surface area contributed by atoms with Crippen molar-refractivity contribution in [1.29, 1.82) is 0 Å². The van der Waals surface area contributed by atoms with E-state index in [2.05, 4.69) is 18.8 Å². The fraction of sp³-hybridized carbons (Fsp3) is 0.444. The molecule has 1 unspecified atom stereocenters. The molecule has 1 atom stereocenters. The van der Waals surface area contributed by atoms with E-state index >= 15 is 0 Å². The Morgan fingerprint density at radius 1 is 1.50 bits per heavy atom. The van der Waals surface area contributed by atoms with Crippen LogP contribution in [0.15, 0.2) is 23.4 Å². The Hall–Kier alpha value is -0.700. The molecular formula is C9H13NOS. The third-order valence-electron chi connectivity index (χ3n) is 1.72. The van der Waals surface area contributed by atoms with Crippen LogP contribution in [0.25, 0.3) is 0 Å². The maximum absolute atomic E-state index is 11.1. The lowest BCUT2D eigenvalue weighted by Gasteiger charge is -2.04. The minimum absolute atomic E-state index is 0.468. The Bertz CT molecular complexity index is 296. The van der Waals surface area contributed by atoms with Gasteiger partial charge in [0.1, 0.15) is 5.03 Å². The monoisotopic (exact) mass is 183 g/mol. The number of hydrogen-bond acceptors (Lipinski definition) is 2. The Kier molecular flexibility index (Phi) is 2.98. The molecule has 1 aromatic heterocycles. The first kappa shape index (κ1) is 9.39. The highest BCUT2D eigenvalue weighted by atomic mass is 32.2. The largest absolute Gasteiger partial charge is 0.253 e. The summed E-state index contributed by atoms with van der Waals surface area (Å²) in [4.78, 5) is 4.02. The van der Waals surface area contributed by atoms with Crippen LogP contribution in [0.1, 0.15) is 25.3 Å². The van der Waals surface area contributed by atoms with Crippen molar-refractivity contribution in [2.45, 2.75) is 24.8 Å². The molecule has 1 rings (SSSR count). The molecule has 2 nitrogen and oxygen atoms in total. The van der Waals surface area contributed by atoms with Crippen LogP contribution in [0.4, 0.5) is 0 Å². The molecule has 1 heterocycles. The molecule has 1 aromatic rings. The van der Waals surface area contributed by atoms with Crippen LogP contribution in [-0.4, -0.2) is 15.4 Å². The van der Waals surface area contributed by atoms with E-state index in [9.17, 15) is 4.21 Å². The van der Waals surface area contributed by atoms with Crippen molar-refractivity contribution in [3.8, 4) is 0 Å². The van der Waals surface area contributed by atoms with E-state index < -0.39 is 10.8 Å². The summed E-state index contributed by atoms with van der Waals surface area (Å²) in [6, 6.07) is 3.86. The Morgan fingerprint density at radius 3 is 2.67 bits per heavy atom. The Morgan fingerprint density at radius 2 is 2.17 bits per heavy atom. The second-order valence-corrected chi connectivity index (χ2v) is 4.36. The highest BCUT2D eigenvalue weighted by Crippen LogP contribution is 2.14. The van der Waals surface area contributed by atoms with E-state index in [1.807, 2.05) is 12.1 Å². The lowest BCUT2D eigenvalue weighted by atomic mass is 10.1. The Labute approximate surface area is 75.5 Å². The molecule has 0 bridgehead atoms. The van der Waals surface area contributed by atoms with E-state index in [1.54, 1.807) is 12.5 Å². The van der Waals surface area contributed by atoms with Crippen molar-refractivity contribution in [1.82, 2.24) is 4.98 Å². The summed E-state index contributed by atoms with van der Waals surface area (Å²) in [6.45, 7) is 4.22. The predicted molar refractivity (Wildman–Crippen MR) is 50.7 cm³/mol. The molecule has 0 aliphatic rings. The van der Waals surface area contributed by atoms with Crippen molar-refractivity contribution in [2.75, 3.05) is 6.26 Å². The van der Waals surface area contributed by atoms with Crippen LogP contribution < -0.4 is 0 Å². The van der Waals surface area contributed by atoms with Crippen LogP contribution in [0.5, 0.6) is 0 Å². The zero-order chi connectivity index (χ0) is 9.14. The zero-order valence-electron chi connectivity index (χ0n) is 7.57. The molecule has 0 aliphatic heterocycles. The molecule has 0 spiro atoms. The average molecular weight is 183 g/mol. The topological polar surface area (TPSA) is 30.0 Å². The maximum Gasteiger partial charge on any atom is 0.127 e. The van der Waals surface area contributed by atoms with Gasteiger partial charge in [0.25, 0.3) is 0 Å². The number of rotatable bonds is 2. The molecule has 0 amide bonds. The summed E-state index contributed by atoms with van der Waals surface area (Å²) >= 11 is 0. The van der Waals surface area contributed by atoms with Gasteiger partial charge in [-0.1, -0.05) is 13.8 Å². The SMILES string of the molecule is CC(C)c1ccnc(S(C)=O)c1. The van der Waals surface area contributed by atoms with E-state index in [0.29, 0.717) is 10.9 Å². The van der Waals surface area contributed by atoms with Gasteiger partial charge in [-0.2, -0.15) is 0 Å². The van der Waals surface area contributed by atoms with Crippen molar-refractivity contribution in [3.05, 3.63) is 23.9 Å². The average Bonchev–Trinajstić information content (AvgIpc) is 2.04. The van der Waals surface area contributed by atoms with E-state index in [4.69, 9.17) is 0 Å². The standard InChI is InChI=1S/C9H13NOS/c1-7(2)8-4-5-10-9(6-8)12(3)11/h4-7H,1-3H3. The predicted octanol–water partition coefficient (Wildman–Crippen LogP) is 1.94. The molecule has 0 radical (unpaired) electrons. The van der Waals surface area contributed by atoms with Crippen molar-refractivity contribution < 1.29 is 4.21 Å². The summed E-state index contributed by atoms with van der Waals surface area (Å²) in [7, 11) is -0.967. The summed E-state index contributed by atoms with van der Waals surface area (Å²) in [6.07, 6.45) is 3.36. The smallest absolute Gasteiger partial charge is 0.127 e. The van der Waals surface area contributed by atoms with Crippen molar-refractivity contribution in [3.63, 3.8) is 0 Å². The van der Waals surface area contributed by atoms with E-state index in [1.165, 1.54) is 5.56 Å². The third kappa shape index (κ3) is 2.14. The Balaban J connectivity index is 3.04. The molecule has 0 N–H and O–H groups in total. The van der Waals surface area contributed by atoms with Gasteiger partial charge in [0.05, 0.1) is 10.8 Å². The highest BCUT2D eigenvalue weighted by Gasteiger charge is 2.02.